The van der Waals surface area contributed by atoms with Crippen molar-refractivity contribution >= 4 is 5.91 Å². The number of nitrogen functional groups attached to an aromatic ring is 1. The van der Waals surface area contributed by atoms with Gasteiger partial charge in [0.1, 0.15) is 0 Å². The number of benzene rings is 1. The van der Waals surface area contributed by atoms with Gasteiger partial charge in [0, 0.05) is 5.56 Å². The Balaban J connectivity index is 2.60. The molecule has 0 saturated carbocycles. The number of hydrazine groups is 1. The van der Waals surface area contributed by atoms with Crippen molar-refractivity contribution in [2.24, 2.45) is 5.84 Å². The van der Waals surface area contributed by atoms with Crippen molar-refractivity contribution in [3.8, 4) is 11.5 Å². The smallest absolute Gasteiger partial charge is 0.265 e. The van der Waals surface area contributed by atoms with E-state index in [0.29, 0.717) is 17.9 Å². The molecule has 1 aromatic carbocycles. The van der Waals surface area contributed by atoms with Crippen LogP contribution in [0.2, 0.25) is 0 Å². The van der Waals surface area contributed by atoms with Crippen LogP contribution in [0.4, 0.5) is 0 Å². The molecule has 0 aliphatic carbocycles. The second-order valence-electron chi connectivity index (χ2n) is 3.71. The van der Waals surface area contributed by atoms with E-state index < -0.39 is 5.91 Å². The van der Waals surface area contributed by atoms with Crippen LogP contribution in [0.25, 0.3) is 0 Å². The Bertz CT molecular complexity index is 380. The first-order valence-corrected chi connectivity index (χ1v) is 5.65. The second kappa shape index (κ2) is 6.75. The van der Waals surface area contributed by atoms with Crippen molar-refractivity contribution in [3.63, 3.8) is 0 Å². The van der Waals surface area contributed by atoms with E-state index in [-0.39, 0.29) is 5.75 Å². The summed E-state index contributed by atoms with van der Waals surface area (Å²) in [5.41, 5.74) is 2.29. The molecule has 1 rings (SSSR count). The quantitative estimate of drug-likeness (QED) is 0.304. The number of nitrogens with one attached hydrogen (secondary N) is 1. The van der Waals surface area contributed by atoms with E-state index in [9.17, 15) is 9.90 Å². The molecule has 1 amide bonds. The number of rotatable bonds is 6. The molecule has 17 heavy (non-hydrogen) atoms. The first kappa shape index (κ1) is 13.3. The number of phenols is 1. The maximum atomic E-state index is 11.2. The van der Waals surface area contributed by atoms with Gasteiger partial charge in [-0.1, -0.05) is 19.8 Å². The summed E-state index contributed by atoms with van der Waals surface area (Å²) in [5, 5.41) is 9.65. The lowest BCUT2D eigenvalue weighted by molar-refractivity contribution is 0.0953. The number of nitrogens with two attached hydrogens (primary N) is 1. The van der Waals surface area contributed by atoms with E-state index in [1.807, 2.05) is 5.43 Å². The minimum absolute atomic E-state index is 0.0531. The first-order chi connectivity index (χ1) is 8.19. The molecular formula is C12H18N2O3. The molecule has 5 heteroatoms. The van der Waals surface area contributed by atoms with Gasteiger partial charge < -0.3 is 9.84 Å². The predicted octanol–water partition coefficient (Wildman–Crippen LogP) is 1.56. The molecule has 0 atom stereocenters. The fourth-order valence-electron chi connectivity index (χ4n) is 1.40. The number of carbonyl (C=O) groups is 1. The Morgan fingerprint density at radius 2 is 2.24 bits per heavy atom. The van der Waals surface area contributed by atoms with Crippen LogP contribution in [-0.2, 0) is 0 Å². The Labute approximate surface area is 101 Å². The lowest BCUT2D eigenvalue weighted by Crippen LogP contribution is -2.29. The summed E-state index contributed by atoms with van der Waals surface area (Å²) in [6.45, 7) is 2.67. The topological polar surface area (TPSA) is 84.6 Å². The Morgan fingerprint density at radius 1 is 1.47 bits per heavy atom. The number of amides is 1. The summed E-state index contributed by atoms with van der Waals surface area (Å²) in [4.78, 5) is 11.2. The largest absolute Gasteiger partial charge is 0.504 e. The lowest BCUT2D eigenvalue weighted by atomic mass is 10.2. The Morgan fingerprint density at radius 3 is 2.82 bits per heavy atom. The van der Waals surface area contributed by atoms with Gasteiger partial charge in [-0.3, -0.25) is 10.2 Å². The first-order valence-electron chi connectivity index (χ1n) is 5.65. The predicted molar refractivity (Wildman–Crippen MR) is 64.8 cm³/mol. The molecule has 5 nitrogen and oxygen atoms in total. The van der Waals surface area contributed by atoms with Crippen LogP contribution < -0.4 is 16.0 Å². The van der Waals surface area contributed by atoms with Crippen molar-refractivity contribution in [3.05, 3.63) is 23.8 Å². The van der Waals surface area contributed by atoms with Crippen LogP contribution >= 0.6 is 0 Å². The normalized spacial score (nSPS) is 10.0. The van der Waals surface area contributed by atoms with Gasteiger partial charge in [0.05, 0.1) is 6.61 Å². The van der Waals surface area contributed by atoms with Crippen LogP contribution in [0.5, 0.6) is 11.5 Å². The number of carbonyl (C=O) groups excluding carboxylic acids is 1. The van der Waals surface area contributed by atoms with E-state index in [1.165, 1.54) is 6.07 Å². The van der Waals surface area contributed by atoms with Gasteiger partial charge in [0.15, 0.2) is 11.5 Å². The third-order valence-corrected chi connectivity index (χ3v) is 2.36. The van der Waals surface area contributed by atoms with Gasteiger partial charge in [-0.05, 0) is 24.6 Å². The van der Waals surface area contributed by atoms with Gasteiger partial charge in [-0.15, -0.1) is 0 Å². The van der Waals surface area contributed by atoms with Crippen LogP contribution in [0.1, 0.15) is 36.5 Å². The number of ether oxygens (including phenoxy) is 1. The van der Waals surface area contributed by atoms with Crippen LogP contribution in [0.3, 0.4) is 0 Å². The zero-order valence-corrected chi connectivity index (χ0v) is 9.90. The van der Waals surface area contributed by atoms with E-state index in [0.717, 1.165) is 19.3 Å². The van der Waals surface area contributed by atoms with Crippen LogP contribution in [0.15, 0.2) is 18.2 Å². The third-order valence-electron chi connectivity index (χ3n) is 2.36. The highest BCUT2D eigenvalue weighted by atomic mass is 16.5. The highest BCUT2D eigenvalue weighted by molar-refractivity contribution is 5.94. The number of phenolic OH excluding ortho intramolecular Hbond substituents is 1. The van der Waals surface area contributed by atoms with Crippen LogP contribution in [0, 0.1) is 0 Å². The average molecular weight is 238 g/mol. The minimum atomic E-state index is -0.446. The van der Waals surface area contributed by atoms with Gasteiger partial charge in [-0.25, -0.2) is 5.84 Å². The number of unbranched alkanes of at least 4 members (excludes halogenated alkanes) is 2. The van der Waals surface area contributed by atoms with Crippen molar-refractivity contribution in [1.82, 2.24) is 5.43 Å². The lowest BCUT2D eigenvalue weighted by Gasteiger charge is -2.08. The molecule has 1 aromatic rings. The summed E-state index contributed by atoms with van der Waals surface area (Å²) in [7, 11) is 0. The molecular weight excluding hydrogens is 220 g/mol. The average Bonchev–Trinajstić information content (AvgIpc) is 2.35. The zero-order valence-electron chi connectivity index (χ0n) is 9.90. The van der Waals surface area contributed by atoms with Crippen molar-refractivity contribution < 1.29 is 14.6 Å². The van der Waals surface area contributed by atoms with Gasteiger partial charge in [0.2, 0.25) is 0 Å². The van der Waals surface area contributed by atoms with E-state index in [2.05, 4.69) is 6.92 Å². The summed E-state index contributed by atoms with van der Waals surface area (Å²) >= 11 is 0. The highest BCUT2D eigenvalue weighted by Crippen LogP contribution is 2.26. The van der Waals surface area contributed by atoms with E-state index in [4.69, 9.17) is 10.6 Å². The Hall–Kier alpha value is -1.75. The minimum Gasteiger partial charge on any atom is -0.504 e. The molecule has 0 aromatic heterocycles. The fraction of sp³-hybridized carbons (Fsp3) is 0.417. The molecule has 94 valence electrons. The molecule has 0 aliphatic heterocycles. The van der Waals surface area contributed by atoms with Crippen LogP contribution in [-0.4, -0.2) is 17.6 Å². The molecule has 0 unspecified atom stereocenters. The SMILES string of the molecule is CCCCCOc1ccc(C(=O)NN)cc1O. The van der Waals surface area contributed by atoms with Gasteiger partial charge >= 0.3 is 0 Å². The fourth-order valence-corrected chi connectivity index (χ4v) is 1.40. The maximum Gasteiger partial charge on any atom is 0.265 e. The molecule has 0 heterocycles. The third kappa shape index (κ3) is 3.96. The molecule has 0 saturated heterocycles. The van der Waals surface area contributed by atoms with Gasteiger partial charge in [-0.2, -0.15) is 0 Å². The molecule has 0 bridgehead atoms. The molecule has 0 radical (unpaired) electrons. The summed E-state index contributed by atoms with van der Waals surface area (Å²) in [5.74, 6) is 4.88. The summed E-state index contributed by atoms with van der Waals surface area (Å²) < 4.78 is 5.39. The van der Waals surface area contributed by atoms with Crippen molar-refractivity contribution in [1.29, 1.82) is 0 Å². The molecule has 0 aliphatic rings. The molecule has 0 fully saturated rings. The van der Waals surface area contributed by atoms with Crippen molar-refractivity contribution in [2.45, 2.75) is 26.2 Å². The second-order valence-corrected chi connectivity index (χ2v) is 3.71. The van der Waals surface area contributed by atoms with Gasteiger partial charge in [0.25, 0.3) is 5.91 Å². The Kier molecular flexibility index (Phi) is 5.29. The highest BCUT2D eigenvalue weighted by Gasteiger charge is 2.08. The number of aromatic hydroxyl groups is 1. The zero-order chi connectivity index (χ0) is 12.7. The monoisotopic (exact) mass is 238 g/mol. The number of hydrogen-bond acceptors (Lipinski definition) is 4. The summed E-state index contributed by atoms with van der Waals surface area (Å²) in [6, 6.07) is 4.44. The maximum absolute atomic E-state index is 11.2. The van der Waals surface area contributed by atoms with E-state index in [1.54, 1.807) is 12.1 Å². The molecule has 4 N–H and O–H groups in total. The van der Waals surface area contributed by atoms with E-state index >= 15 is 0 Å². The summed E-state index contributed by atoms with van der Waals surface area (Å²) in [6.07, 6.45) is 3.15. The number of hydrogen-bond donors (Lipinski definition) is 3. The molecule has 0 spiro atoms. The van der Waals surface area contributed by atoms with Crippen molar-refractivity contribution in [2.75, 3.05) is 6.61 Å². The standard InChI is InChI=1S/C12H18N2O3/c1-2-3-4-7-17-11-6-5-9(8-10(11)15)12(16)14-13/h5-6,8,15H,2-4,7,13H2,1H3,(H,14,16).